The largest absolute Gasteiger partial charge is 0.494 e. The SMILES string of the molecule is COc1cc(N2CCC(N3CCN(C)CC3)CC2)c(NC(=O)C(C)C)cc1Nc1ncc(Cl)c(Nc2ccccc2N(C)S(C)(=O)=O)n1. The predicted octanol–water partition coefficient (Wildman–Crippen LogP) is 4.83. The first-order valence-electron chi connectivity index (χ1n) is 16.1. The number of hydrogen-bond acceptors (Lipinski definition) is 11. The van der Waals surface area contributed by atoms with Crippen molar-refractivity contribution in [2.24, 2.45) is 5.92 Å². The second-order valence-corrected chi connectivity index (χ2v) is 15.1. The minimum atomic E-state index is -3.51. The van der Waals surface area contributed by atoms with Gasteiger partial charge in [-0.1, -0.05) is 37.6 Å². The third kappa shape index (κ3) is 8.41. The van der Waals surface area contributed by atoms with Gasteiger partial charge in [0.15, 0.2) is 5.82 Å². The Bertz CT molecular complexity index is 1710. The quantitative estimate of drug-likeness (QED) is 0.254. The maximum absolute atomic E-state index is 13.0. The van der Waals surface area contributed by atoms with Gasteiger partial charge < -0.3 is 30.5 Å². The van der Waals surface area contributed by atoms with Gasteiger partial charge in [-0.3, -0.25) is 14.0 Å². The highest BCUT2D eigenvalue weighted by molar-refractivity contribution is 7.92. The number of carbonyl (C=O) groups excluding carboxylic acids is 1. The van der Waals surface area contributed by atoms with E-state index in [0.29, 0.717) is 34.5 Å². The molecule has 3 heterocycles. The second-order valence-electron chi connectivity index (χ2n) is 12.7. The lowest BCUT2D eigenvalue weighted by molar-refractivity contribution is -0.118. The number of nitrogens with one attached hydrogen (secondary N) is 3. The Morgan fingerprint density at radius 1 is 1.02 bits per heavy atom. The van der Waals surface area contributed by atoms with Crippen LogP contribution in [0.25, 0.3) is 0 Å². The molecule has 5 rings (SSSR count). The van der Waals surface area contributed by atoms with Crippen molar-refractivity contribution >= 4 is 67.7 Å². The van der Waals surface area contributed by atoms with E-state index in [2.05, 4.69) is 47.7 Å². The van der Waals surface area contributed by atoms with E-state index in [1.54, 1.807) is 31.4 Å². The Hall–Kier alpha value is -3.85. The number of methoxy groups -OCH3 is 1. The van der Waals surface area contributed by atoms with E-state index in [1.807, 2.05) is 26.0 Å². The molecule has 260 valence electrons. The van der Waals surface area contributed by atoms with Crippen LogP contribution in [0.3, 0.4) is 0 Å². The minimum Gasteiger partial charge on any atom is -0.494 e. The van der Waals surface area contributed by atoms with E-state index >= 15 is 0 Å². The van der Waals surface area contributed by atoms with Gasteiger partial charge in [-0.2, -0.15) is 4.98 Å². The summed E-state index contributed by atoms with van der Waals surface area (Å²) in [5, 5.41) is 9.75. The van der Waals surface area contributed by atoms with Crippen molar-refractivity contribution in [2.75, 3.05) is 91.9 Å². The van der Waals surface area contributed by atoms with E-state index in [-0.39, 0.29) is 28.6 Å². The lowest BCUT2D eigenvalue weighted by atomic mass is 10.0. The predicted molar refractivity (Wildman–Crippen MR) is 194 cm³/mol. The lowest BCUT2D eigenvalue weighted by Crippen LogP contribution is -2.52. The molecule has 0 bridgehead atoms. The Labute approximate surface area is 288 Å². The van der Waals surface area contributed by atoms with E-state index < -0.39 is 10.0 Å². The van der Waals surface area contributed by atoms with E-state index in [0.717, 1.165) is 64.1 Å². The molecule has 15 heteroatoms. The number of piperazine rings is 1. The topological polar surface area (TPSA) is 135 Å². The van der Waals surface area contributed by atoms with Gasteiger partial charge in [-0.15, -0.1) is 0 Å². The first-order chi connectivity index (χ1) is 22.8. The molecule has 3 N–H and O–H groups in total. The molecule has 0 spiro atoms. The highest BCUT2D eigenvalue weighted by Gasteiger charge is 2.29. The zero-order valence-corrected chi connectivity index (χ0v) is 30.0. The van der Waals surface area contributed by atoms with Crippen LogP contribution in [0.1, 0.15) is 26.7 Å². The summed E-state index contributed by atoms with van der Waals surface area (Å²) in [5.41, 5.74) is 3.04. The van der Waals surface area contributed by atoms with Crippen molar-refractivity contribution in [3.8, 4) is 5.75 Å². The number of halogens is 1. The average Bonchev–Trinajstić information content (AvgIpc) is 3.06. The summed E-state index contributed by atoms with van der Waals surface area (Å²) in [4.78, 5) is 29.3. The van der Waals surface area contributed by atoms with E-state index in [1.165, 1.54) is 17.5 Å². The maximum atomic E-state index is 13.0. The molecule has 0 aliphatic carbocycles. The molecule has 0 atom stereocenters. The third-order valence-electron chi connectivity index (χ3n) is 8.94. The van der Waals surface area contributed by atoms with E-state index in [4.69, 9.17) is 16.3 Å². The molecule has 2 saturated heterocycles. The fourth-order valence-electron chi connectivity index (χ4n) is 5.93. The summed E-state index contributed by atoms with van der Waals surface area (Å²) < 4.78 is 31.5. The standard InChI is InChI=1S/C33H46ClN9O4S/c1-22(2)32(44)37-26-19-27(30(47-5)20-29(26)43-13-11-23(12-14-43)42-17-15-40(3)16-18-42)38-33-35-21-24(34)31(39-33)36-25-9-7-8-10-28(25)41(4)48(6,45)46/h7-10,19-23H,11-18H2,1-6H3,(H,37,44)(H2,35,36,38,39). The van der Waals surface area contributed by atoms with Crippen LogP contribution in [0.4, 0.5) is 40.2 Å². The number of benzene rings is 2. The lowest BCUT2D eigenvalue weighted by Gasteiger charge is -2.43. The number of para-hydroxylation sites is 2. The summed E-state index contributed by atoms with van der Waals surface area (Å²) in [6.07, 6.45) is 4.67. The van der Waals surface area contributed by atoms with Crippen LogP contribution in [0.15, 0.2) is 42.6 Å². The number of sulfonamides is 1. The monoisotopic (exact) mass is 699 g/mol. The zero-order valence-electron chi connectivity index (χ0n) is 28.5. The molecular formula is C33H46ClN9O4S. The number of rotatable bonds is 11. The molecule has 0 unspecified atom stereocenters. The summed E-state index contributed by atoms with van der Waals surface area (Å²) in [6.45, 7) is 9.84. The van der Waals surface area contributed by atoms with Crippen LogP contribution in [-0.4, -0.2) is 107 Å². The number of amides is 1. The van der Waals surface area contributed by atoms with Gasteiger partial charge in [-0.05, 0) is 38.1 Å². The Morgan fingerprint density at radius 2 is 1.71 bits per heavy atom. The number of likely N-dealkylation sites (N-methyl/N-ethyl adjacent to an activating group) is 1. The number of piperidine rings is 1. The Morgan fingerprint density at radius 3 is 2.35 bits per heavy atom. The van der Waals surface area contributed by atoms with Crippen LogP contribution >= 0.6 is 11.6 Å². The van der Waals surface area contributed by atoms with Gasteiger partial charge in [0.05, 0.1) is 48.0 Å². The molecule has 2 aliphatic heterocycles. The van der Waals surface area contributed by atoms with Gasteiger partial charge in [-0.25, -0.2) is 13.4 Å². The molecular weight excluding hydrogens is 654 g/mol. The summed E-state index contributed by atoms with van der Waals surface area (Å²) in [7, 11) is 1.74. The van der Waals surface area contributed by atoms with Gasteiger partial charge in [0.25, 0.3) is 0 Å². The Balaban J connectivity index is 1.41. The number of anilines is 7. The van der Waals surface area contributed by atoms with Crippen molar-refractivity contribution in [1.82, 2.24) is 19.8 Å². The van der Waals surface area contributed by atoms with Crippen molar-refractivity contribution in [1.29, 1.82) is 0 Å². The summed E-state index contributed by atoms with van der Waals surface area (Å²) in [6, 6.07) is 11.3. The molecule has 48 heavy (non-hydrogen) atoms. The third-order valence-corrected chi connectivity index (χ3v) is 10.4. The number of hydrogen-bond donors (Lipinski definition) is 3. The maximum Gasteiger partial charge on any atom is 0.232 e. The fraction of sp³-hybridized carbons (Fsp3) is 0.485. The Kier molecular flexibility index (Phi) is 11.2. The first kappa shape index (κ1) is 35.5. The molecule has 0 radical (unpaired) electrons. The second kappa shape index (κ2) is 15.1. The molecule has 1 amide bonds. The van der Waals surface area contributed by atoms with Gasteiger partial charge >= 0.3 is 0 Å². The smallest absolute Gasteiger partial charge is 0.232 e. The number of carbonyl (C=O) groups is 1. The molecule has 2 fully saturated rings. The van der Waals surface area contributed by atoms with Crippen LogP contribution in [-0.2, 0) is 14.8 Å². The normalized spacial score (nSPS) is 16.5. The van der Waals surface area contributed by atoms with Crippen molar-refractivity contribution in [2.45, 2.75) is 32.7 Å². The molecule has 3 aromatic rings. The number of ether oxygens (including phenoxy) is 1. The number of nitrogens with zero attached hydrogens (tertiary/aromatic N) is 6. The van der Waals surface area contributed by atoms with Gasteiger partial charge in [0, 0.05) is 64.3 Å². The van der Waals surface area contributed by atoms with Crippen LogP contribution < -0.4 is 29.9 Å². The molecule has 13 nitrogen and oxygen atoms in total. The average molecular weight is 700 g/mol. The molecule has 1 aromatic heterocycles. The summed E-state index contributed by atoms with van der Waals surface area (Å²) >= 11 is 6.48. The molecule has 2 aromatic carbocycles. The molecule has 2 aliphatic rings. The highest BCUT2D eigenvalue weighted by atomic mass is 35.5. The number of aromatic nitrogens is 2. The fourth-order valence-corrected chi connectivity index (χ4v) is 6.58. The zero-order chi connectivity index (χ0) is 34.6. The van der Waals surface area contributed by atoms with Crippen LogP contribution in [0.5, 0.6) is 5.75 Å². The highest BCUT2D eigenvalue weighted by Crippen LogP contribution is 2.40. The van der Waals surface area contributed by atoms with Crippen LogP contribution in [0, 0.1) is 5.92 Å². The van der Waals surface area contributed by atoms with Crippen molar-refractivity contribution < 1.29 is 17.9 Å². The van der Waals surface area contributed by atoms with Crippen LogP contribution in [0.2, 0.25) is 5.02 Å². The van der Waals surface area contributed by atoms with Crippen molar-refractivity contribution in [3.05, 3.63) is 47.6 Å². The summed E-state index contributed by atoms with van der Waals surface area (Å²) in [5.74, 6) is 0.748. The van der Waals surface area contributed by atoms with Gasteiger partial charge in [0.2, 0.25) is 21.9 Å². The van der Waals surface area contributed by atoms with Crippen molar-refractivity contribution in [3.63, 3.8) is 0 Å². The first-order valence-corrected chi connectivity index (χ1v) is 18.4. The van der Waals surface area contributed by atoms with Gasteiger partial charge in [0.1, 0.15) is 10.8 Å². The minimum absolute atomic E-state index is 0.0911. The van der Waals surface area contributed by atoms with E-state index in [9.17, 15) is 13.2 Å². The molecule has 0 saturated carbocycles.